The molecule has 2 aliphatic heterocycles. The molecule has 1 spiro atoms. The Kier molecular flexibility index (Phi) is 3.65. The van der Waals surface area contributed by atoms with E-state index in [0.29, 0.717) is 0 Å². The number of rotatable bonds is 4. The molecule has 2 heterocycles. The molecule has 0 aromatic heterocycles. The van der Waals surface area contributed by atoms with E-state index in [2.05, 4.69) is 24.4 Å². The maximum atomic E-state index is 6.28. The Balaban J connectivity index is 1.76. The summed E-state index contributed by atoms with van der Waals surface area (Å²) in [6, 6.07) is 6.20. The van der Waals surface area contributed by atoms with E-state index in [1.807, 2.05) is 6.07 Å². The Morgan fingerprint density at radius 3 is 3.11 bits per heavy atom. The van der Waals surface area contributed by atoms with Crippen LogP contribution in [0.4, 0.5) is 0 Å². The standard InChI is InChI=1S/C16H23NO2/c1-2-3-11-18-14-5-4-6-15-13(14)7-8-16(19-15)9-10-17-12-16/h4-6,17H,2-3,7-12H2,1H3. The largest absolute Gasteiger partial charge is 0.493 e. The van der Waals surface area contributed by atoms with Crippen LogP contribution in [-0.2, 0) is 6.42 Å². The number of benzene rings is 1. The van der Waals surface area contributed by atoms with Crippen molar-refractivity contribution in [1.29, 1.82) is 0 Å². The summed E-state index contributed by atoms with van der Waals surface area (Å²) >= 11 is 0. The van der Waals surface area contributed by atoms with Crippen LogP contribution in [0.5, 0.6) is 11.5 Å². The van der Waals surface area contributed by atoms with Gasteiger partial charge in [0.2, 0.25) is 0 Å². The Bertz CT molecular complexity index is 438. The molecule has 3 rings (SSSR count). The SMILES string of the molecule is CCCCOc1cccc2c1CCC1(CCNC1)O2. The molecule has 1 aromatic carbocycles. The van der Waals surface area contributed by atoms with Gasteiger partial charge in [0.15, 0.2) is 0 Å². The van der Waals surface area contributed by atoms with Crippen molar-refractivity contribution in [2.45, 2.75) is 44.6 Å². The van der Waals surface area contributed by atoms with Crippen molar-refractivity contribution in [3.63, 3.8) is 0 Å². The minimum absolute atomic E-state index is 0.0367. The molecule has 1 atom stereocenters. The van der Waals surface area contributed by atoms with Gasteiger partial charge >= 0.3 is 0 Å². The molecular weight excluding hydrogens is 238 g/mol. The van der Waals surface area contributed by atoms with E-state index in [4.69, 9.17) is 9.47 Å². The molecule has 0 saturated carbocycles. The molecule has 0 aliphatic carbocycles. The summed E-state index contributed by atoms with van der Waals surface area (Å²) in [5, 5.41) is 3.41. The zero-order valence-electron chi connectivity index (χ0n) is 11.7. The summed E-state index contributed by atoms with van der Waals surface area (Å²) in [4.78, 5) is 0. The first-order valence-electron chi connectivity index (χ1n) is 7.47. The molecule has 2 aliphatic rings. The van der Waals surface area contributed by atoms with Gasteiger partial charge in [-0.1, -0.05) is 19.4 Å². The highest BCUT2D eigenvalue weighted by atomic mass is 16.5. The number of hydrogen-bond donors (Lipinski definition) is 1. The third kappa shape index (κ3) is 2.57. The molecule has 3 heteroatoms. The average molecular weight is 261 g/mol. The van der Waals surface area contributed by atoms with Crippen molar-refractivity contribution in [1.82, 2.24) is 5.32 Å². The molecule has 0 radical (unpaired) electrons. The van der Waals surface area contributed by atoms with Crippen molar-refractivity contribution in [3.8, 4) is 11.5 Å². The monoisotopic (exact) mass is 261 g/mol. The van der Waals surface area contributed by atoms with Crippen LogP contribution in [0.1, 0.15) is 38.2 Å². The molecule has 104 valence electrons. The van der Waals surface area contributed by atoms with E-state index >= 15 is 0 Å². The summed E-state index contributed by atoms with van der Waals surface area (Å²) in [7, 11) is 0. The van der Waals surface area contributed by atoms with Gasteiger partial charge in [0.25, 0.3) is 0 Å². The van der Waals surface area contributed by atoms with Crippen LogP contribution in [0, 0.1) is 0 Å². The topological polar surface area (TPSA) is 30.5 Å². The summed E-state index contributed by atoms with van der Waals surface area (Å²) in [6.45, 7) is 5.04. The lowest BCUT2D eigenvalue weighted by Crippen LogP contribution is -2.41. The van der Waals surface area contributed by atoms with E-state index < -0.39 is 0 Å². The first-order valence-corrected chi connectivity index (χ1v) is 7.47. The van der Waals surface area contributed by atoms with Gasteiger partial charge < -0.3 is 14.8 Å². The van der Waals surface area contributed by atoms with E-state index in [-0.39, 0.29) is 5.60 Å². The van der Waals surface area contributed by atoms with Gasteiger partial charge in [-0.25, -0.2) is 0 Å². The summed E-state index contributed by atoms with van der Waals surface area (Å²) in [6.07, 6.45) is 5.56. The highest BCUT2D eigenvalue weighted by molar-refractivity contribution is 5.46. The first-order chi connectivity index (χ1) is 9.33. The molecule has 1 aromatic rings. The minimum Gasteiger partial charge on any atom is -0.493 e. The quantitative estimate of drug-likeness (QED) is 0.845. The number of unbranched alkanes of at least 4 members (excludes halogenated alkanes) is 1. The zero-order chi connectivity index (χ0) is 13.1. The highest BCUT2D eigenvalue weighted by Gasteiger charge is 2.39. The van der Waals surface area contributed by atoms with Gasteiger partial charge in [-0.2, -0.15) is 0 Å². The Hall–Kier alpha value is -1.22. The Labute approximate surface area is 115 Å². The molecule has 1 saturated heterocycles. The van der Waals surface area contributed by atoms with E-state index in [9.17, 15) is 0 Å². The van der Waals surface area contributed by atoms with Crippen LogP contribution >= 0.6 is 0 Å². The van der Waals surface area contributed by atoms with Crippen LogP contribution in [0.3, 0.4) is 0 Å². The number of nitrogens with one attached hydrogen (secondary N) is 1. The second kappa shape index (κ2) is 5.41. The fourth-order valence-electron chi connectivity index (χ4n) is 3.01. The molecule has 3 nitrogen and oxygen atoms in total. The van der Waals surface area contributed by atoms with Crippen LogP contribution in [0.2, 0.25) is 0 Å². The maximum Gasteiger partial charge on any atom is 0.127 e. The second-order valence-electron chi connectivity index (χ2n) is 5.65. The van der Waals surface area contributed by atoms with Gasteiger partial charge in [0, 0.05) is 18.5 Å². The van der Waals surface area contributed by atoms with Gasteiger partial charge in [0.1, 0.15) is 17.1 Å². The molecule has 1 N–H and O–H groups in total. The highest BCUT2D eigenvalue weighted by Crippen LogP contribution is 2.40. The fraction of sp³-hybridized carbons (Fsp3) is 0.625. The lowest BCUT2D eigenvalue weighted by molar-refractivity contribution is 0.0652. The predicted molar refractivity (Wildman–Crippen MR) is 76.0 cm³/mol. The smallest absolute Gasteiger partial charge is 0.127 e. The van der Waals surface area contributed by atoms with Crippen molar-refractivity contribution in [2.75, 3.05) is 19.7 Å². The number of fused-ring (bicyclic) bond motifs is 1. The molecule has 1 unspecified atom stereocenters. The normalized spacial score (nSPS) is 25.1. The van der Waals surface area contributed by atoms with E-state index in [1.54, 1.807) is 0 Å². The van der Waals surface area contributed by atoms with Gasteiger partial charge in [0.05, 0.1) is 6.61 Å². The molecule has 1 fully saturated rings. The van der Waals surface area contributed by atoms with Crippen LogP contribution in [0.25, 0.3) is 0 Å². The van der Waals surface area contributed by atoms with Crippen molar-refractivity contribution in [3.05, 3.63) is 23.8 Å². The Morgan fingerprint density at radius 1 is 1.37 bits per heavy atom. The van der Waals surface area contributed by atoms with Crippen molar-refractivity contribution < 1.29 is 9.47 Å². The zero-order valence-corrected chi connectivity index (χ0v) is 11.7. The van der Waals surface area contributed by atoms with E-state index in [1.165, 1.54) is 12.0 Å². The second-order valence-corrected chi connectivity index (χ2v) is 5.65. The summed E-state index contributed by atoms with van der Waals surface area (Å²) < 4.78 is 12.2. The molecule has 0 amide bonds. The number of hydrogen-bond acceptors (Lipinski definition) is 3. The van der Waals surface area contributed by atoms with Gasteiger partial charge in [-0.05, 0) is 37.9 Å². The molecule has 19 heavy (non-hydrogen) atoms. The lowest BCUT2D eigenvalue weighted by atomic mass is 9.90. The average Bonchev–Trinajstić information content (AvgIpc) is 2.87. The molecular formula is C16H23NO2. The summed E-state index contributed by atoms with van der Waals surface area (Å²) in [5.41, 5.74) is 1.30. The maximum absolute atomic E-state index is 6.28. The van der Waals surface area contributed by atoms with Crippen LogP contribution in [-0.4, -0.2) is 25.3 Å². The number of ether oxygens (including phenoxy) is 2. The van der Waals surface area contributed by atoms with E-state index in [0.717, 1.165) is 56.9 Å². The van der Waals surface area contributed by atoms with Crippen molar-refractivity contribution >= 4 is 0 Å². The third-order valence-electron chi connectivity index (χ3n) is 4.21. The first kappa shape index (κ1) is 12.8. The fourth-order valence-corrected chi connectivity index (χ4v) is 3.01. The van der Waals surface area contributed by atoms with Gasteiger partial charge in [-0.15, -0.1) is 0 Å². The lowest BCUT2D eigenvalue weighted by Gasteiger charge is -2.35. The minimum atomic E-state index is 0.0367. The van der Waals surface area contributed by atoms with Crippen LogP contribution in [0.15, 0.2) is 18.2 Å². The van der Waals surface area contributed by atoms with Crippen molar-refractivity contribution in [2.24, 2.45) is 0 Å². The predicted octanol–water partition coefficient (Wildman–Crippen LogP) is 2.92. The molecule has 0 bridgehead atoms. The summed E-state index contributed by atoms with van der Waals surface area (Å²) in [5.74, 6) is 2.05. The third-order valence-corrected chi connectivity index (χ3v) is 4.21. The van der Waals surface area contributed by atoms with Gasteiger partial charge in [-0.3, -0.25) is 0 Å². The van der Waals surface area contributed by atoms with Crippen LogP contribution < -0.4 is 14.8 Å². The Morgan fingerprint density at radius 2 is 2.32 bits per heavy atom.